The van der Waals surface area contributed by atoms with Gasteiger partial charge in [0.2, 0.25) is 0 Å². The summed E-state index contributed by atoms with van der Waals surface area (Å²) in [6.07, 6.45) is 27.9. The second-order valence-electron chi connectivity index (χ2n) is 9.89. The predicted molar refractivity (Wildman–Crippen MR) is 142 cm³/mol. The number of hydroxylamine groups is 2. The molecule has 0 rings (SSSR count). The Morgan fingerprint density at radius 1 is 0.469 bits per heavy atom. The van der Waals surface area contributed by atoms with Crippen molar-refractivity contribution in [1.29, 1.82) is 0 Å². The van der Waals surface area contributed by atoms with Gasteiger partial charge >= 0.3 is 0 Å². The first-order valence-corrected chi connectivity index (χ1v) is 14.8. The number of hydrogen-bond acceptors (Lipinski definition) is 3. The lowest BCUT2D eigenvalue weighted by Gasteiger charge is -2.38. The van der Waals surface area contributed by atoms with Crippen molar-refractivity contribution in [3.63, 3.8) is 0 Å². The highest BCUT2D eigenvalue weighted by atomic mass is 17.0. The maximum atomic E-state index is 6.72. The van der Waals surface area contributed by atoms with Gasteiger partial charge < -0.3 is 0 Å². The van der Waals surface area contributed by atoms with E-state index in [1.807, 2.05) is 0 Å². The van der Waals surface area contributed by atoms with E-state index in [4.69, 9.17) is 9.68 Å². The van der Waals surface area contributed by atoms with Crippen LogP contribution in [0.4, 0.5) is 0 Å². The highest BCUT2D eigenvalue weighted by Crippen LogP contribution is 2.34. The van der Waals surface area contributed by atoms with E-state index in [0.29, 0.717) is 6.61 Å². The zero-order valence-electron chi connectivity index (χ0n) is 23.0. The van der Waals surface area contributed by atoms with Gasteiger partial charge in [-0.25, -0.2) is 0 Å². The minimum atomic E-state index is -0.0363. The number of rotatable bonds is 26. The fourth-order valence-electron chi connectivity index (χ4n) is 4.74. The maximum Gasteiger partial charge on any atom is 0.0926 e. The van der Waals surface area contributed by atoms with E-state index in [0.717, 1.165) is 6.54 Å². The highest BCUT2D eigenvalue weighted by molar-refractivity contribution is 4.81. The minimum absolute atomic E-state index is 0.0363. The fraction of sp³-hybridized carbons (Fsp3) is 1.00. The highest BCUT2D eigenvalue weighted by Gasteiger charge is 2.33. The Bertz CT molecular complexity index is 320. The Hall–Kier alpha value is -0.120. The first kappa shape index (κ1) is 31.9. The van der Waals surface area contributed by atoms with Gasteiger partial charge in [0.25, 0.3) is 0 Å². The molecule has 3 heteroatoms. The second kappa shape index (κ2) is 24.0. The Balaban J connectivity index is 4.95. The summed E-state index contributed by atoms with van der Waals surface area (Å²) in [5.41, 5.74) is -0.0363. The third kappa shape index (κ3) is 18.3. The van der Waals surface area contributed by atoms with Crippen LogP contribution in [0.2, 0.25) is 0 Å². The number of unbranched alkanes of at least 4 members (excludes halogenated alkanes) is 15. The lowest BCUT2D eigenvalue weighted by molar-refractivity contribution is -0.409. The van der Waals surface area contributed by atoms with Crippen LogP contribution in [0.15, 0.2) is 0 Å². The zero-order valence-corrected chi connectivity index (χ0v) is 23.0. The largest absolute Gasteiger partial charge is 0.274 e. The third-order valence-electron chi connectivity index (χ3n) is 6.78. The molecule has 0 aliphatic carbocycles. The van der Waals surface area contributed by atoms with Crippen LogP contribution in [0.1, 0.15) is 169 Å². The van der Waals surface area contributed by atoms with E-state index in [9.17, 15) is 0 Å². The SMILES string of the molecule is CCCCCCCCC(CCCCCCCC)(CCCCCCCC)ON(CC)OCC. The minimum Gasteiger partial charge on any atom is -0.274 e. The third-order valence-corrected chi connectivity index (χ3v) is 6.78. The molecule has 0 bridgehead atoms. The van der Waals surface area contributed by atoms with Crippen LogP contribution < -0.4 is 0 Å². The molecule has 0 atom stereocenters. The molecule has 0 unspecified atom stereocenters. The maximum absolute atomic E-state index is 6.72. The molecule has 0 aliphatic heterocycles. The average molecular weight is 456 g/mol. The summed E-state index contributed by atoms with van der Waals surface area (Å²) in [4.78, 5) is 12.6. The van der Waals surface area contributed by atoms with Crippen molar-refractivity contribution in [2.24, 2.45) is 0 Å². The smallest absolute Gasteiger partial charge is 0.0926 e. The van der Waals surface area contributed by atoms with Crippen LogP contribution in [-0.4, -0.2) is 24.0 Å². The number of nitrogens with zero attached hydrogens (tertiary/aromatic N) is 1. The molecular weight excluding hydrogens is 394 g/mol. The molecule has 0 saturated heterocycles. The van der Waals surface area contributed by atoms with Crippen molar-refractivity contribution in [2.75, 3.05) is 13.2 Å². The molecule has 0 aromatic carbocycles. The molecule has 0 spiro atoms. The molecule has 0 aliphatic rings. The lowest BCUT2D eigenvalue weighted by atomic mass is 9.84. The van der Waals surface area contributed by atoms with Crippen molar-refractivity contribution < 1.29 is 9.68 Å². The summed E-state index contributed by atoms with van der Waals surface area (Å²) in [5.74, 6) is 0. The van der Waals surface area contributed by atoms with Gasteiger partial charge in [0.1, 0.15) is 0 Å². The molecule has 0 saturated carbocycles. The van der Waals surface area contributed by atoms with Crippen LogP contribution in [0.25, 0.3) is 0 Å². The van der Waals surface area contributed by atoms with Gasteiger partial charge in [-0.15, -0.1) is 0 Å². The van der Waals surface area contributed by atoms with Gasteiger partial charge in [-0.1, -0.05) is 142 Å². The molecule has 0 aromatic heterocycles. The van der Waals surface area contributed by atoms with Crippen LogP contribution in [0, 0.1) is 0 Å². The van der Waals surface area contributed by atoms with E-state index >= 15 is 0 Å². The Kier molecular flexibility index (Phi) is 23.9. The normalized spacial score (nSPS) is 12.2. The lowest BCUT2D eigenvalue weighted by Crippen LogP contribution is -2.41. The van der Waals surface area contributed by atoms with Crippen molar-refractivity contribution in [2.45, 2.75) is 175 Å². The Morgan fingerprint density at radius 3 is 1.12 bits per heavy atom. The van der Waals surface area contributed by atoms with Crippen molar-refractivity contribution >= 4 is 0 Å². The van der Waals surface area contributed by atoms with Crippen LogP contribution in [0.5, 0.6) is 0 Å². The average Bonchev–Trinajstić information content (AvgIpc) is 2.80. The summed E-state index contributed by atoms with van der Waals surface area (Å²) in [6.45, 7) is 12.6. The predicted octanol–water partition coefficient (Wildman–Crippen LogP) is 10.2. The molecule has 0 aromatic rings. The molecule has 0 fully saturated rings. The monoisotopic (exact) mass is 455 g/mol. The molecule has 0 N–H and O–H groups in total. The van der Waals surface area contributed by atoms with Crippen molar-refractivity contribution in [3.8, 4) is 0 Å². The van der Waals surface area contributed by atoms with E-state index in [2.05, 4.69) is 34.6 Å². The quantitative estimate of drug-likeness (QED) is 0.0956. The Morgan fingerprint density at radius 2 is 0.812 bits per heavy atom. The van der Waals surface area contributed by atoms with Crippen LogP contribution in [-0.2, 0) is 9.68 Å². The van der Waals surface area contributed by atoms with Gasteiger partial charge in [0, 0.05) is 6.54 Å². The standard InChI is InChI=1S/C29H61NO2/c1-6-11-14-17-20-23-26-29(32-30(9-4)31-10-5,27-24-21-18-15-12-7-2)28-25-22-19-16-13-8-3/h6-28H2,1-5H3. The fourth-order valence-corrected chi connectivity index (χ4v) is 4.74. The molecule has 194 valence electrons. The van der Waals surface area contributed by atoms with E-state index < -0.39 is 0 Å². The topological polar surface area (TPSA) is 21.7 Å². The molecule has 0 heterocycles. The molecule has 3 nitrogen and oxygen atoms in total. The van der Waals surface area contributed by atoms with E-state index in [1.165, 1.54) is 135 Å². The zero-order chi connectivity index (χ0) is 23.8. The summed E-state index contributed by atoms with van der Waals surface area (Å²) >= 11 is 0. The molecule has 0 radical (unpaired) electrons. The first-order valence-electron chi connectivity index (χ1n) is 14.8. The molecule has 0 amide bonds. The van der Waals surface area contributed by atoms with Crippen LogP contribution >= 0.6 is 0 Å². The molecule has 32 heavy (non-hydrogen) atoms. The Labute approximate surface area is 203 Å². The van der Waals surface area contributed by atoms with Gasteiger partial charge in [0.05, 0.1) is 12.2 Å². The summed E-state index contributed by atoms with van der Waals surface area (Å²) in [7, 11) is 0. The number of hydrogen-bond donors (Lipinski definition) is 0. The van der Waals surface area contributed by atoms with Crippen molar-refractivity contribution in [3.05, 3.63) is 0 Å². The van der Waals surface area contributed by atoms with E-state index in [1.54, 1.807) is 5.23 Å². The summed E-state index contributed by atoms with van der Waals surface area (Å²) in [5, 5.41) is 1.80. The summed E-state index contributed by atoms with van der Waals surface area (Å²) in [6, 6.07) is 0. The van der Waals surface area contributed by atoms with Gasteiger partial charge in [-0.2, -0.15) is 0 Å². The summed E-state index contributed by atoms with van der Waals surface area (Å²) < 4.78 is 0. The first-order chi connectivity index (χ1) is 15.7. The van der Waals surface area contributed by atoms with Gasteiger partial charge in [-0.05, 0) is 33.1 Å². The van der Waals surface area contributed by atoms with Crippen LogP contribution in [0.3, 0.4) is 0 Å². The van der Waals surface area contributed by atoms with Gasteiger partial charge in [0.15, 0.2) is 0 Å². The second-order valence-corrected chi connectivity index (χ2v) is 9.89. The molecular formula is C29H61NO2. The van der Waals surface area contributed by atoms with Crippen molar-refractivity contribution in [1.82, 2.24) is 5.23 Å². The van der Waals surface area contributed by atoms with Gasteiger partial charge in [-0.3, -0.25) is 9.68 Å². The van der Waals surface area contributed by atoms with E-state index in [-0.39, 0.29) is 5.60 Å².